The summed E-state index contributed by atoms with van der Waals surface area (Å²) in [5.41, 5.74) is 5.52. The third kappa shape index (κ3) is 2.56. The number of thiazole rings is 1. The van der Waals surface area contributed by atoms with Gasteiger partial charge >= 0.3 is 0 Å². The van der Waals surface area contributed by atoms with Gasteiger partial charge in [-0.25, -0.2) is 4.98 Å². The van der Waals surface area contributed by atoms with Gasteiger partial charge in [-0.15, -0.1) is 11.3 Å². The minimum Gasteiger partial charge on any atom is -0.269 e. The Bertz CT molecular complexity index is 789. The van der Waals surface area contributed by atoms with Crippen molar-refractivity contribution in [1.29, 1.82) is 0 Å². The van der Waals surface area contributed by atoms with Crippen molar-refractivity contribution in [3.05, 3.63) is 45.5 Å². The van der Waals surface area contributed by atoms with Gasteiger partial charge in [-0.2, -0.15) is 5.10 Å². The van der Waals surface area contributed by atoms with Gasteiger partial charge in [-0.1, -0.05) is 34.1 Å². The number of aryl methyl sites for hydroxylation is 2. The van der Waals surface area contributed by atoms with E-state index in [1.54, 1.807) is 11.3 Å². The zero-order valence-electron chi connectivity index (χ0n) is 12.2. The van der Waals surface area contributed by atoms with Crippen molar-refractivity contribution in [2.24, 2.45) is 0 Å². The lowest BCUT2D eigenvalue weighted by Crippen LogP contribution is -1.98. The summed E-state index contributed by atoms with van der Waals surface area (Å²) in [6, 6.07) is 8.18. The Hall–Kier alpha value is -1.46. The van der Waals surface area contributed by atoms with Gasteiger partial charge in [-0.05, 0) is 26.8 Å². The van der Waals surface area contributed by atoms with Gasteiger partial charge in [0.25, 0.3) is 0 Å². The molecular weight excluding hydrogens is 346 g/mol. The van der Waals surface area contributed by atoms with Crippen LogP contribution in [-0.4, -0.2) is 14.8 Å². The third-order valence-corrected chi connectivity index (χ3v) is 5.11. The van der Waals surface area contributed by atoms with Crippen LogP contribution < -0.4 is 0 Å². The monoisotopic (exact) mass is 361 g/mol. The second kappa shape index (κ2) is 5.73. The standard InChI is InChI=1S/C16H16BrN3S/c1-4-20-11(3)15(10(2)19-20)14-9-21-16(18-14)12-7-5-6-8-13(12)17/h5-9H,4H2,1-3H3. The van der Waals surface area contributed by atoms with Crippen molar-refractivity contribution in [2.75, 3.05) is 0 Å². The van der Waals surface area contributed by atoms with E-state index >= 15 is 0 Å². The minimum absolute atomic E-state index is 0.883. The molecule has 3 aromatic rings. The van der Waals surface area contributed by atoms with E-state index in [1.807, 2.05) is 29.8 Å². The third-order valence-electron chi connectivity index (χ3n) is 3.55. The molecule has 0 atom stereocenters. The summed E-state index contributed by atoms with van der Waals surface area (Å²) in [5, 5.41) is 7.72. The van der Waals surface area contributed by atoms with Gasteiger partial charge in [0.1, 0.15) is 5.01 Å². The second-order valence-corrected chi connectivity index (χ2v) is 6.59. The van der Waals surface area contributed by atoms with Gasteiger partial charge in [0.2, 0.25) is 0 Å². The molecule has 2 heterocycles. The highest BCUT2D eigenvalue weighted by Crippen LogP contribution is 2.35. The van der Waals surface area contributed by atoms with Crippen molar-refractivity contribution in [3.8, 4) is 21.8 Å². The SMILES string of the molecule is CCn1nc(C)c(-c2csc(-c3ccccc3Br)n2)c1C. The summed E-state index contributed by atoms with van der Waals surface area (Å²) in [5.74, 6) is 0. The Morgan fingerprint density at radius 3 is 2.67 bits per heavy atom. The summed E-state index contributed by atoms with van der Waals surface area (Å²) in [4.78, 5) is 4.82. The van der Waals surface area contributed by atoms with Crippen molar-refractivity contribution in [3.63, 3.8) is 0 Å². The summed E-state index contributed by atoms with van der Waals surface area (Å²) in [6.07, 6.45) is 0. The van der Waals surface area contributed by atoms with E-state index in [0.717, 1.165) is 38.5 Å². The first-order valence-corrected chi connectivity index (χ1v) is 8.54. The van der Waals surface area contributed by atoms with Gasteiger partial charge in [0.05, 0.1) is 11.4 Å². The predicted molar refractivity (Wildman–Crippen MR) is 91.6 cm³/mol. The Kier molecular flexibility index (Phi) is 3.95. The number of aromatic nitrogens is 3. The first kappa shape index (κ1) is 14.5. The van der Waals surface area contributed by atoms with E-state index in [9.17, 15) is 0 Å². The average molecular weight is 362 g/mol. The molecule has 3 rings (SSSR count). The Morgan fingerprint density at radius 2 is 2.00 bits per heavy atom. The van der Waals surface area contributed by atoms with E-state index in [2.05, 4.69) is 46.3 Å². The van der Waals surface area contributed by atoms with Crippen LogP contribution in [0.25, 0.3) is 21.8 Å². The summed E-state index contributed by atoms with van der Waals surface area (Å²) in [7, 11) is 0. The minimum atomic E-state index is 0.883. The molecule has 0 aliphatic heterocycles. The van der Waals surface area contributed by atoms with Crippen LogP contribution in [0.15, 0.2) is 34.1 Å². The molecule has 0 saturated heterocycles. The lowest BCUT2D eigenvalue weighted by Gasteiger charge is -2.01. The Labute approximate surface area is 136 Å². The zero-order valence-corrected chi connectivity index (χ0v) is 14.6. The highest BCUT2D eigenvalue weighted by molar-refractivity contribution is 9.10. The van der Waals surface area contributed by atoms with Gasteiger partial charge in [0.15, 0.2) is 0 Å². The van der Waals surface area contributed by atoms with Gasteiger partial charge in [-0.3, -0.25) is 4.68 Å². The molecule has 0 unspecified atom stereocenters. The number of halogens is 1. The summed E-state index contributed by atoms with van der Waals surface area (Å²) >= 11 is 5.26. The van der Waals surface area contributed by atoms with Crippen LogP contribution in [0.2, 0.25) is 0 Å². The maximum atomic E-state index is 4.82. The van der Waals surface area contributed by atoms with E-state index in [-0.39, 0.29) is 0 Å². The van der Waals surface area contributed by atoms with Crippen LogP contribution in [0.5, 0.6) is 0 Å². The first-order chi connectivity index (χ1) is 10.1. The molecule has 0 saturated carbocycles. The molecule has 0 amide bonds. The molecule has 0 radical (unpaired) electrons. The highest BCUT2D eigenvalue weighted by atomic mass is 79.9. The molecule has 0 fully saturated rings. The van der Waals surface area contributed by atoms with E-state index < -0.39 is 0 Å². The fraction of sp³-hybridized carbons (Fsp3) is 0.250. The quantitative estimate of drug-likeness (QED) is 0.651. The molecule has 0 spiro atoms. The van der Waals surface area contributed by atoms with Crippen molar-refractivity contribution in [2.45, 2.75) is 27.3 Å². The summed E-state index contributed by atoms with van der Waals surface area (Å²) in [6.45, 7) is 7.15. The van der Waals surface area contributed by atoms with Crippen LogP contribution in [0.3, 0.4) is 0 Å². The maximum Gasteiger partial charge on any atom is 0.125 e. The second-order valence-electron chi connectivity index (χ2n) is 4.88. The first-order valence-electron chi connectivity index (χ1n) is 6.86. The molecule has 2 aromatic heterocycles. The number of rotatable bonds is 3. The van der Waals surface area contributed by atoms with Crippen LogP contribution in [0.4, 0.5) is 0 Å². The van der Waals surface area contributed by atoms with Gasteiger partial charge in [0, 0.05) is 33.2 Å². The van der Waals surface area contributed by atoms with Crippen LogP contribution >= 0.6 is 27.3 Å². The summed E-state index contributed by atoms with van der Waals surface area (Å²) < 4.78 is 3.10. The molecule has 1 aromatic carbocycles. The smallest absolute Gasteiger partial charge is 0.125 e. The molecule has 5 heteroatoms. The number of nitrogens with zero attached hydrogens (tertiary/aromatic N) is 3. The van der Waals surface area contributed by atoms with E-state index in [1.165, 1.54) is 5.69 Å². The van der Waals surface area contributed by atoms with Crippen molar-refractivity contribution in [1.82, 2.24) is 14.8 Å². The Balaban J connectivity index is 2.07. The molecule has 0 aliphatic rings. The van der Waals surface area contributed by atoms with Crippen molar-refractivity contribution >= 4 is 27.3 Å². The van der Waals surface area contributed by atoms with Gasteiger partial charge < -0.3 is 0 Å². The van der Waals surface area contributed by atoms with Crippen LogP contribution in [-0.2, 0) is 6.54 Å². The molecule has 108 valence electrons. The molecular formula is C16H16BrN3S. The molecule has 0 bridgehead atoms. The number of hydrogen-bond acceptors (Lipinski definition) is 3. The van der Waals surface area contributed by atoms with Crippen LogP contribution in [0, 0.1) is 13.8 Å². The Morgan fingerprint density at radius 1 is 1.24 bits per heavy atom. The fourth-order valence-corrected chi connectivity index (χ4v) is 3.98. The van der Waals surface area contributed by atoms with Crippen LogP contribution in [0.1, 0.15) is 18.3 Å². The lowest BCUT2D eigenvalue weighted by atomic mass is 10.1. The number of hydrogen-bond donors (Lipinski definition) is 0. The highest BCUT2D eigenvalue weighted by Gasteiger charge is 2.16. The predicted octanol–water partition coefficient (Wildman–Crippen LogP) is 5.07. The topological polar surface area (TPSA) is 30.7 Å². The largest absolute Gasteiger partial charge is 0.269 e. The maximum absolute atomic E-state index is 4.82. The molecule has 21 heavy (non-hydrogen) atoms. The molecule has 3 nitrogen and oxygen atoms in total. The van der Waals surface area contributed by atoms with E-state index in [0.29, 0.717) is 0 Å². The lowest BCUT2D eigenvalue weighted by molar-refractivity contribution is 0.634. The normalized spacial score (nSPS) is 11.0. The zero-order chi connectivity index (χ0) is 15.0. The number of benzene rings is 1. The average Bonchev–Trinajstić information content (AvgIpc) is 3.04. The van der Waals surface area contributed by atoms with Crippen molar-refractivity contribution < 1.29 is 0 Å². The molecule has 0 N–H and O–H groups in total. The molecule has 0 aliphatic carbocycles. The fourth-order valence-electron chi connectivity index (χ4n) is 2.52. The van der Waals surface area contributed by atoms with E-state index in [4.69, 9.17) is 4.98 Å².